The Bertz CT molecular complexity index is 738. The van der Waals surface area contributed by atoms with E-state index in [1.807, 2.05) is 12.1 Å². The van der Waals surface area contributed by atoms with Gasteiger partial charge in [0.15, 0.2) is 0 Å². The molecule has 0 nitrogen and oxygen atoms in total. The van der Waals surface area contributed by atoms with Crippen molar-refractivity contribution in [2.75, 3.05) is 26.7 Å². The molecule has 0 unspecified atom stereocenters. The molecule has 0 atom stereocenters. The van der Waals surface area contributed by atoms with E-state index in [-0.39, 0.29) is 5.14 Å². The highest BCUT2D eigenvalue weighted by molar-refractivity contribution is 8.37. The summed E-state index contributed by atoms with van der Waals surface area (Å²) in [7, 11) is 0. The van der Waals surface area contributed by atoms with E-state index < -0.39 is 18.1 Å². The molecule has 2 aromatic carbocycles. The summed E-state index contributed by atoms with van der Waals surface area (Å²) in [6, 6.07) is 15.8. The zero-order chi connectivity index (χ0) is 17.3. The van der Waals surface area contributed by atoms with Gasteiger partial charge in [-0.25, -0.2) is 0 Å². The van der Waals surface area contributed by atoms with Crippen molar-refractivity contribution in [3.8, 4) is 0 Å². The van der Waals surface area contributed by atoms with Crippen LogP contribution in [-0.4, -0.2) is 31.8 Å². The Morgan fingerprint density at radius 3 is 1.17 bits per heavy atom. The predicted octanol–water partition coefficient (Wildman–Crippen LogP) is 4.88. The lowest BCUT2D eigenvalue weighted by molar-refractivity contribution is 1.71. The van der Waals surface area contributed by atoms with Crippen LogP contribution < -0.4 is 10.6 Å². The Balaban J connectivity index is 2.86. The maximum Gasteiger partial charge on any atom is 0.0531 e. The lowest BCUT2D eigenvalue weighted by Crippen LogP contribution is -2.25. The maximum absolute atomic E-state index is 6.49. The average molecular weight is 416 g/mol. The van der Waals surface area contributed by atoms with Crippen LogP contribution in [0, 0.1) is 0 Å². The minimum Gasteiger partial charge on any atom is -0.0970 e. The Morgan fingerprint density at radius 2 is 0.913 bits per heavy atom. The molecule has 0 amide bonds. The molecule has 124 valence electrons. The van der Waals surface area contributed by atoms with Crippen LogP contribution in [0.1, 0.15) is 0 Å². The van der Waals surface area contributed by atoms with Gasteiger partial charge in [-0.3, -0.25) is 0 Å². The van der Waals surface area contributed by atoms with Gasteiger partial charge in [-0.05, 0) is 49.3 Å². The fourth-order valence-electron chi connectivity index (χ4n) is 3.17. The summed E-state index contributed by atoms with van der Waals surface area (Å²) in [4.78, 5) is 0. The first-order valence-corrected chi connectivity index (χ1v) is 17.8. The monoisotopic (exact) mass is 416 g/mol. The Hall–Kier alpha value is 0.390. The minimum absolute atomic E-state index is 0.271. The van der Waals surface area contributed by atoms with Gasteiger partial charge in [0.1, 0.15) is 0 Å². The molecule has 0 aliphatic carbocycles. The molecular formula is C17H23P3S3. The van der Waals surface area contributed by atoms with Gasteiger partial charge >= 0.3 is 0 Å². The van der Waals surface area contributed by atoms with Crippen LogP contribution in [0.3, 0.4) is 0 Å². The van der Waals surface area contributed by atoms with Crippen LogP contribution in [0.25, 0.3) is 0 Å². The largest absolute Gasteiger partial charge is 0.0970 e. The SMILES string of the molecule is CP(C)(=S)C(P(C)(C)=S)P(=S)(c1ccccc1)c1ccccc1. The Kier molecular flexibility index (Phi) is 6.28. The van der Waals surface area contributed by atoms with Gasteiger partial charge in [0.2, 0.25) is 0 Å². The van der Waals surface area contributed by atoms with Gasteiger partial charge in [-0.1, -0.05) is 96.1 Å². The quantitative estimate of drug-likeness (QED) is 0.638. The summed E-state index contributed by atoms with van der Waals surface area (Å²) in [6.07, 6.45) is 0. The van der Waals surface area contributed by atoms with Crippen molar-refractivity contribution in [1.29, 1.82) is 0 Å². The van der Waals surface area contributed by atoms with E-state index in [2.05, 4.69) is 75.2 Å². The molecule has 0 N–H and O–H groups in total. The highest BCUT2D eigenvalue weighted by Gasteiger charge is 2.41. The molecule has 2 aromatic rings. The fourth-order valence-corrected chi connectivity index (χ4v) is 31.8. The number of hydrogen-bond donors (Lipinski definition) is 0. The maximum atomic E-state index is 6.49. The summed E-state index contributed by atoms with van der Waals surface area (Å²) >= 11 is 18.6. The summed E-state index contributed by atoms with van der Waals surface area (Å²) in [5.41, 5.74) is 0. The van der Waals surface area contributed by atoms with E-state index in [9.17, 15) is 0 Å². The average Bonchev–Trinajstić information content (AvgIpc) is 2.46. The summed E-state index contributed by atoms with van der Waals surface area (Å²) in [6.45, 7) is 8.92. The summed E-state index contributed by atoms with van der Waals surface area (Å²) in [5, 5.41) is 2.77. The van der Waals surface area contributed by atoms with Gasteiger partial charge < -0.3 is 0 Å². The molecule has 0 heterocycles. The zero-order valence-corrected chi connectivity index (χ0v) is 19.1. The van der Waals surface area contributed by atoms with Gasteiger partial charge in [0.05, 0.1) is 5.14 Å². The van der Waals surface area contributed by atoms with Crippen LogP contribution in [0.15, 0.2) is 60.7 Å². The second-order valence-electron chi connectivity index (χ2n) is 6.54. The summed E-state index contributed by atoms with van der Waals surface area (Å²) < 4.78 is 0. The van der Waals surface area contributed by atoms with Crippen LogP contribution in [0.4, 0.5) is 0 Å². The molecule has 2 rings (SSSR count). The molecule has 0 spiro atoms. The standard InChI is InChI=1S/C17H23P3S3/c1-18(2,21)17(19(3,4)22)20(23,15-11-7-5-8-12-15)16-13-9-6-10-14-16/h5-14,17H,1-4H3. The third-order valence-electron chi connectivity index (χ3n) is 3.72. The van der Waals surface area contributed by atoms with Crippen LogP contribution in [-0.2, 0) is 35.4 Å². The number of benzene rings is 2. The molecule has 0 aliphatic rings. The van der Waals surface area contributed by atoms with Crippen molar-refractivity contribution in [2.24, 2.45) is 0 Å². The first-order valence-electron chi connectivity index (χ1n) is 7.38. The molecule has 0 fully saturated rings. The Morgan fingerprint density at radius 1 is 0.609 bits per heavy atom. The van der Waals surface area contributed by atoms with Crippen molar-refractivity contribution in [3.63, 3.8) is 0 Å². The van der Waals surface area contributed by atoms with Crippen molar-refractivity contribution < 1.29 is 0 Å². The van der Waals surface area contributed by atoms with Crippen molar-refractivity contribution in [1.82, 2.24) is 0 Å². The van der Waals surface area contributed by atoms with Gasteiger partial charge in [0.25, 0.3) is 0 Å². The summed E-state index contributed by atoms with van der Waals surface area (Å²) in [5.74, 6) is 0. The minimum atomic E-state index is -2.05. The van der Waals surface area contributed by atoms with Gasteiger partial charge in [-0.2, -0.15) is 0 Å². The van der Waals surface area contributed by atoms with Gasteiger partial charge in [0, 0.05) is 6.04 Å². The van der Waals surface area contributed by atoms with Crippen molar-refractivity contribution in [3.05, 3.63) is 60.7 Å². The molecule has 0 radical (unpaired) electrons. The van der Waals surface area contributed by atoms with E-state index in [4.69, 9.17) is 35.4 Å². The van der Waals surface area contributed by atoms with E-state index in [0.29, 0.717) is 0 Å². The Labute approximate surface area is 156 Å². The van der Waals surface area contributed by atoms with Crippen LogP contribution in [0.5, 0.6) is 0 Å². The molecule has 6 heteroatoms. The molecule has 0 saturated carbocycles. The van der Waals surface area contributed by atoms with Crippen molar-refractivity contribution >= 4 is 64.1 Å². The zero-order valence-electron chi connectivity index (χ0n) is 13.9. The molecule has 0 saturated heterocycles. The molecule has 0 bridgehead atoms. The van der Waals surface area contributed by atoms with E-state index >= 15 is 0 Å². The second-order valence-corrected chi connectivity index (χ2v) is 24.8. The number of hydrogen-bond acceptors (Lipinski definition) is 3. The third-order valence-corrected chi connectivity index (χ3v) is 23.7. The van der Waals surface area contributed by atoms with Crippen LogP contribution >= 0.6 is 18.1 Å². The lowest BCUT2D eigenvalue weighted by Gasteiger charge is -2.41. The first kappa shape index (κ1) is 19.7. The smallest absolute Gasteiger partial charge is 0.0531 e. The molecule has 23 heavy (non-hydrogen) atoms. The van der Waals surface area contributed by atoms with E-state index in [0.717, 1.165) is 0 Å². The lowest BCUT2D eigenvalue weighted by atomic mass is 10.4. The topological polar surface area (TPSA) is 0 Å². The second kappa shape index (κ2) is 7.33. The van der Waals surface area contributed by atoms with E-state index in [1.165, 1.54) is 10.6 Å². The van der Waals surface area contributed by atoms with Gasteiger partial charge in [-0.15, -0.1) is 0 Å². The first-order chi connectivity index (χ1) is 10.6. The van der Waals surface area contributed by atoms with Crippen LogP contribution in [0.2, 0.25) is 0 Å². The number of rotatable bonds is 5. The van der Waals surface area contributed by atoms with Crippen molar-refractivity contribution in [2.45, 2.75) is 5.14 Å². The predicted molar refractivity (Wildman–Crippen MR) is 122 cm³/mol. The normalized spacial score (nSPS) is 13.3. The molecular weight excluding hydrogens is 393 g/mol. The molecule has 0 aromatic heterocycles. The highest BCUT2D eigenvalue weighted by atomic mass is 32.5. The van der Waals surface area contributed by atoms with E-state index in [1.54, 1.807) is 0 Å². The fraction of sp³-hybridized carbons (Fsp3) is 0.294. The highest BCUT2D eigenvalue weighted by Crippen LogP contribution is 2.76. The molecule has 0 aliphatic heterocycles. The third kappa shape index (κ3) is 4.33.